The van der Waals surface area contributed by atoms with Crippen molar-refractivity contribution in [3.63, 3.8) is 0 Å². The van der Waals surface area contributed by atoms with Crippen molar-refractivity contribution in [1.82, 2.24) is 10.2 Å². The fourth-order valence-corrected chi connectivity index (χ4v) is 4.00. The van der Waals surface area contributed by atoms with Gasteiger partial charge >= 0.3 is 5.97 Å². The maximum absolute atomic E-state index is 11.8. The molecule has 0 aliphatic carbocycles. The molecule has 2 atom stereocenters. The van der Waals surface area contributed by atoms with E-state index in [9.17, 15) is 4.79 Å². The Bertz CT molecular complexity index is 640. The maximum atomic E-state index is 11.8. The zero-order valence-electron chi connectivity index (χ0n) is 17.0. The number of piperidine rings is 1. The highest BCUT2D eigenvalue weighted by Gasteiger charge is 2.21. The summed E-state index contributed by atoms with van der Waals surface area (Å²) >= 11 is 5.40. The van der Waals surface area contributed by atoms with Crippen LogP contribution in [0, 0.1) is 18.8 Å². The lowest BCUT2D eigenvalue weighted by Gasteiger charge is -2.35. The van der Waals surface area contributed by atoms with E-state index in [2.05, 4.69) is 29.4 Å². The fourth-order valence-electron chi connectivity index (χ4n) is 3.79. The van der Waals surface area contributed by atoms with E-state index in [1.165, 1.54) is 19.5 Å². The standard InChI is InChI=1S/C21H33N3O2S/c1-5-26-20(25)18-7-8-19(17(4)12-18)23-21(27)22-9-6-10-24-13-15(2)11-16(3)14-24/h7-8,12,15-16H,5-6,9-11,13-14H2,1-4H3,(H2,22,23,27)/t15-,16-/m0/s1. The van der Waals surface area contributed by atoms with Gasteiger partial charge in [0.15, 0.2) is 5.11 Å². The van der Waals surface area contributed by atoms with Gasteiger partial charge in [0.1, 0.15) is 0 Å². The fraction of sp³-hybridized carbons (Fsp3) is 0.619. The molecule has 2 N–H and O–H groups in total. The number of hydrogen-bond donors (Lipinski definition) is 2. The van der Waals surface area contributed by atoms with Crippen molar-refractivity contribution in [3.05, 3.63) is 29.3 Å². The molecule has 1 aliphatic heterocycles. The summed E-state index contributed by atoms with van der Waals surface area (Å²) in [6.45, 7) is 13.2. The number of ether oxygens (including phenoxy) is 1. The van der Waals surface area contributed by atoms with Crippen LogP contribution in [0.1, 0.15) is 49.5 Å². The van der Waals surface area contributed by atoms with E-state index in [1.54, 1.807) is 13.0 Å². The van der Waals surface area contributed by atoms with Crippen molar-refractivity contribution < 1.29 is 9.53 Å². The number of carbonyl (C=O) groups excluding carboxylic acids is 1. The summed E-state index contributed by atoms with van der Waals surface area (Å²) in [6, 6.07) is 5.45. The second kappa shape index (κ2) is 10.6. The van der Waals surface area contributed by atoms with Crippen LogP contribution in [0.25, 0.3) is 0 Å². The number of anilines is 1. The van der Waals surface area contributed by atoms with Gasteiger partial charge in [-0.15, -0.1) is 0 Å². The Hall–Kier alpha value is -1.66. The van der Waals surface area contributed by atoms with Crippen LogP contribution in [0.4, 0.5) is 5.69 Å². The van der Waals surface area contributed by atoms with Gasteiger partial charge in [0.05, 0.1) is 12.2 Å². The normalized spacial score (nSPS) is 20.1. The second-order valence-electron chi connectivity index (χ2n) is 7.69. The van der Waals surface area contributed by atoms with Crippen molar-refractivity contribution in [1.29, 1.82) is 0 Å². The van der Waals surface area contributed by atoms with E-state index in [0.717, 1.165) is 42.6 Å². The van der Waals surface area contributed by atoms with Crippen molar-refractivity contribution in [2.75, 3.05) is 38.1 Å². The minimum absolute atomic E-state index is 0.297. The molecule has 0 radical (unpaired) electrons. The summed E-state index contributed by atoms with van der Waals surface area (Å²) in [5.74, 6) is 1.30. The molecule has 2 rings (SSSR count). The molecule has 27 heavy (non-hydrogen) atoms. The molecule has 1 fully saturated rings. The van der Waals surface area contributed by atoms with Gasteiger partial charge in [0.25, 0.3) is 0 Å². The number of thiocarbonyl (C=S) groups is 1. The van der Waals surface area contributed by atoms with Gasteiger partial charge in [-0.25, -0.2) is 4.79 Å². The highest BCUT2D eigenvalue weighted by molar-refractivity contribution is 7.80. The first-order valence-corrected chi connectivity index (χ1v) is 10.3. The van der Waals surface area contributed by atoms with Crippen molar-refractivity contribution in [2.24, 2.45) is 11.8 Å². The Kier molecular flexibility index (Phi) is 8.51. The Morgan fingerprint density at radius 1 is 1.30 bits per heavy atom. The summed E-state index contributed by atoms with van der Waals surface area (Å²) in [6.07, 6.45) is 2.42. The van der Waals surface area contributed by atoms with Crippen LogP contribution >= 0.6 is 12.2 Å². The molecule has 0 unspecified atom stereocenters. The predicted molar refractivity (Wildman–Crippen MR) is 115 cm³/mol. The first-order chi connectivity index (χ1) is 12.9. The van der Waals surface area contributed by atoms with Gasteiger partial charge in [0, 0.05) is 25.3 Å². The van der Waals surface area contributed by atoms with Gasteiger partial charge in [-0.1, -0.05) is 13.8 Å². The van der Waals surface area contributed by atoms with E-state index in [1.807, 2.05) is 19.1 Å². The number of nitrogens with one attached hydrogen (secondary N) is 2. The second-order valence-corrected chi connectivity index (χ2v) is 8.10. The molecule has 0 spiro atoms. The molecule has 1 aliphatic rings. The maximum Gasteiger partial charge on any atom is 0.338 e. The van der Waals surface area contributed by atoms with Crippen LogP contribution in [-0.4, -0.2) is 48.8 Å². The van der Waals surface area contributed by atoms with E-state index < -0.39 is 0 Å². The third-order valence-corrected chi connectivity index (χ3v) is 5.11. The van der Waals surface area contributed by atoms with Gasteiger partial charge in [0.2, 0.25) is 0 Å². The minimum Gasteiger partial charge on any atom is -0.462 e. The topological polar surface area (TPSA) is 53.6 Å². The number of hydrogen-bond acceptors (Lipinski definition) is 4. The van der Waals surface area contributed by atoms with Crippen LogP contribution in [0.3, 0.4) is 0 Å². The molecular formula is C21H33N3O2S. The lowest BCUT2D eigenvalue weighted by Crippen LogP contribution is -2.40. The lowest BCUT2D eigenvalue weighted by molar-refractivity contribution is 0.0526. The van der Waals surface area contributed by atoms with Crippen molar-refractivity contribution in [3.8, 4) is 0 Å². The van der Waals surface area contributed by atoms with Crippen LogP contribution in [-0.2, 0) is 4.74 Å². The zero-order chi connectivity index (χ0) is 19.8. The molecule has 6 heteroatoms. The molecule has 1 saturated heterocycles. The summed E-state index contributed by atoms with van der Waals surface area (Å²) in [5.41, 5.74) is 2.42. The van der Waals surface area contributed by atoms with Crippen LogP contribution in [0.5, 0.6) is 0 Å². The van der Waals surface area contributed by atoms with Crippen LogP contribution in [0.15, 0.2) is 18.2 Å². The van der Waals surface area contributed by atoms with E-state index in [-0.39, 0.29) is 5.97 Å². The molecular weight excluding hydrogens is 358 g/mol. The summed E-state index contributed by atoms with van der Waals surface area (Å²) in [7, 11) is 0. The van der Waals surface area contributed by atoms with Crippen molar-refractivity contribution >= 4 is 29.0 Å². The Balaban J connectivity index is 1.73. The Labute approximate surface area is 168 Å². The number of aryl methyl sites for hydroxylation is 1. The van der Waals surface area contributed by atoms with Gasteiger partial charge in [-0.05, 0) is 81.1 Å². The monoisotopic (exact) mass is 391 g/mol. The predicted octanol–water partition coefficient (Wildman–Crippen LogP) is 3.83. The van der Waals surface area contributed by atoms with Gasteiger partial charge < -0.3 is 20.3 Å². The quantitative estimate of drug-likeness (QED) is 0.419. The lowest BCUT2D eigenvalue weighted by atomic mass is 9.92. The molecule has 0 saturated carbocycles. The van der Waals surface area contributed by atoms with E-state index in [0.29, 0.717) is 17.3 Å². The summed E-state index contributed by atoms with van der Waals surface area (Å²) in [5, 5.41) is 7.11. The third-order valence-electron chi connectivity index (χ3n) is 4.87. The first kappa shape index (κ1) is 21.6. The molecule has 0 aromatic heterocycles. The highest BCUT2D eigenvalue weighted by atomic mass is 32.1. The average molecular weight is 392 g/mol. The van der Waals surface area contributed by atoms with Gasteiger partial charge in [-0.3, -0.25) is 0 Å². The summed E-state index contributed by atoms with van der Waals surface area (Å²) in [4.78, 5) is 14.4. The number of likely N-dealkylation sites (tertiary alicyclic amines) is 1. The van der Waals surface area contributed by atoms with Crippen LogP contribution in [0.2, 0.25) is 0 Å². The van der Waals surface area contributed by atoms with Crippen LogP contribution < -0.4 is 10.6 Å². The SMILES string of the molecule is CCOC(=O)c1ccc(NC(=S)NCCCN2C[C@@H](C)C[C@H](C)C2)c(C)c1. The first-order valence-electron chi connectivity index (χ1n) is 9.94. The molecule has 0 bridgehead atoms. The number of carbonyl (C=O) groups is 1. The molecule has 1 aromatic rings. The minimum atomic E-state index is -0.297. The third kappa shape index (κ3) is 7.11. The number of nitrogens with zero attached hydrogens (tertiary/aromatic N) is 1. The molecule has 1 aromatic carbocycles. The zero-order valence-corrected chi connectivity index (χ0v) is 17.8. The van der Waals surface area contributed by atoms with Gasteiger partial charge in [-0.2, -0.15) is 0 Å². The van der Waals surface area contributed by atoms with Crippen molar-refractivity contribution in [2.45, 2.75) is 40.5 Å². The Morgan fingerprint density at radius 3 is 2.63 bits per heavy atom. The Morgan fingerprint density at radius 2 is 2.00 bits per heavy atom. The summed E-state index contributed by atoms with van der Waals surface area (Å²) < 4.78 is 5.03. The molecule has 0 amide bonds. The molecule has 1 heterocycles. The highest BCUT2D eigenvalue weighted by Crippen LogP contribution is 2.21. The smallest absolute Gasteiger partial charge is 0.338 e. The average Bonchev–Trinajstić information content (AvgIpc) is 2.60. The molecule has 5 nitrogen and oxygen atoms in total. The van der Waals surface area contributed by atoms with E-state index in [4.69, 9.17) is 17.0 Å². The molecule has 150 valence electrons. The number of benzene rings is 1. The van der Waals surface area contributed by atoms with E-state index >= 15 is 0 Å². The number of esters is 1. The number of rotatable bonds is 7. The largest absolute Gasteiger partial charge is 0.462 e.